The molecule has 2 aromatic carbocycles. The van der Waals surface area contributed by atoms with Crippen molar-refractivity contribution in [2.75, 3.05) is 24.6 Å². The molecule has 0 aliphatic carbocycles. The van der Waals surface area contributed by atoms with Gasteiger partial charge in [0.25, 0.3) is 0 Å². The molecule has 0 fully saturated rings. The van der Waals surface area contributed by atoms with Gasteiger partial charge in [0.15, 0.2) is 0 Å². The van der Waals surface area contributed by atoms with Gasteiger partial charge in [-0.05, 0) is 54.5 Å². The van der Waals surface area contributed by atoms with Crippen LogP contribution in [0, 0.1) is 23.7 Å². The minimum Gasteiger partial charge on any atom is -0.214 e. The van der Waals surface area contributed by atoms with Crippen LogP contribution in [-0.4, -0.2) is 24.6 Å². The SMILES string of the molecule is CC(C)CP(Cc1ccc[c-]1CP(CC(C)C)CC(C)C)CC(C)C.[Fe+2].c1cc[cH-]c1. The Balaban J connectivity index is 0.00000131. The van der Waals surface area contributed by atoms with Crippen molar-refractivity contribution in [1.82, 2.24) is 0 Å². The Bertz CT molecular complexity index is 548. The molecule has 0 N–H and O–H groups in total. The molecule has 31 heavy (non-hydrogen) atoms. The fourth-order valence-electron chi connectivity index (χ4n) is 4.08. The van der Waals surface area contributed by atoms with Crippen LogP contribution in [0.25, 0.3) is 0 Å². The number of hydrogen-bond acceptors (Lipinski definition) is 0. The maximum atomic E-state index is 2.43. The van der Waals surface area contributed by atoms with Crippen LogP contribution in [-0.2, 0) is 29.4 Å². The summed E-state index contributed by atoms with van der Waals surface area (Å²) >= 11 is 0. The van der Waals surface area contributed by atoms with E-state index in [1.807, 2.05) is 30.3 Å². The van der Waals surface area contributed by atoms with Crippen molar-refractivity contribution in [1.29, 1.82) is 0 Å². The second-order valence-corrected chi connectivity index (χ2v) is 15.3. The van der Waals surface area contributed by atoms with Crippen LogP contribution >= 0.6 is 15.8 Å². The van der Waals surface area contributed by atoms with Crippen molar-refractivity contribution in [2.24, 2.45) is 23.7 Å². The van der Waals surface area contributed by atoms with Crippen molar-refractivity contribution in [3.8, 4) is 0 Å². The topological polar surface area (TPSA) is 0 Å². The standard InChI is InChI=1S/C23H43P2.C5H5.Fe/c1-18(2)12-24(13-19(3)4)16-22-10-9-11-23(22)17-25(14-20(5)6)15-21(7)8;1-2-4-5-3-1;/h9-11,18-21H,12-17H2,1-8H3;1-5H;/q2*-1;+2. The van der Waals surface area contributed by atoms with Crippen molar-refractivity contribution in [2.45, 2.75) is 67.7 Å². The van der Waals surface area contributed by atoms with Crippen LogP contribution in [0.3, 0.4) is 0 Å². The molecule has 0 heterocycles. The molecule has 0 atom stereocenters. The molecule has 0 aliphatic heterocycles. The van der Waals surface area contributed by atoms with E-state index in [4.69, 9.17) is 0 Å². The first kappa shape index (κ1) is 31.1. The third kappa shape index (κ3) is 15.5. The van der Waals surface area contributed by atoms with Crippen LogP contribution in [0.4, 0.5) is 0 Å². The molecule has 0 nitrogen and oxygen atoms in total. The van der Waals surface area contributed by atoms with Gasteiger partial charge in [-0.25, -0.2) is 24.3 Å². The first-order chi connectivity index (χ1) is 14.2. The predicted octanol–water partition coefficient (Wildman–Crippen LogP) is 9.40. The molecule has 3 heteroatoms. The van der Waals surface area contributed by atoms with Crippen LogP contribution in [0.5, 0.6) is 0 Å². The maximum Gasteiger partial charge on any atom is 2.00 e. The average molecular weight is 502 g/mol. The summed E-state index contributed by atoms with van der Waals surface area (Å²) in [6, 6.07) is 17.2. The van der Waals surface area contributed by atoms with Crippen LogP contribution < -0.4 is 0 Å². The second-order valence-electron chi connectivity index (χ2n) is 10.5. The van der Waals surface area contributed by atoms with E-state index in [0.29, 0.717) is 0 Å². The van der Waals surface area contributed by atoms with Crippen molar-refractivity contribution >= 4 is 15.8 Å². The zero-order chi connectivity index (χ0) is 22.5. The van der Waals surface area contributed by atoms with Crippen molar-refractivity contribution in [3.63, 3.8) is 0 Å². The Morgan fingerprint density at radius 2 is 1.16 bits per heavy atom. The third-order valence-electron chi connectivity index (χ3n) is 4.84. The zero-order valence-electron chi connectivity index (χ0n) is 21.4. The van der Waals surface area contributed by atoms with Gasteiger partial charge in [0, 0.05) is 0 Å². The van der Waals surface area contributed by atoms with E-state index >= 15 is 0 Å². The fraction of sp³-hybridized carbons (Fsp3) is 0.643. The molecule has 0 amide bonds. The summed E-state index contributed by atoms with van der Waals surface area (Å²) in [5.74, 6) is 3.34. The van der Waals surface area contributed by atoms with Crippen LogP contribution in [0.2, 0.25) is 0 Å². The van der Waals surface area contributed by atoms with E-state index in [1.54, 1.807) is 11.1 Å². The summed E-state index contributed by atoms with van der Waals surface area (Å²) in [5, 5.41) is 0. The summed E-state index contributed by atoms with van der Waals surface area (Å²) in [7, 11) is 0.285. The summed E-state index contributed by atoms with van der Waals surface area (Å²) < 4.78 is 0. The van der Waals surface area contributed by atoms with Gasteiger partial charge < -0.3 is 0 Å². The molecule has 0 saturated heterocycles. The van der Waals surface area contributed by atoms with Crippen molar-refractivity contribution in [3.05, 3.63) is 59.7 Å². The van der Waals surface area contributed by atoms with Gasteiger partial charge in [-0.2, -0.15) is 29.8 Å². The molecule has 0 saturated carbocycles. The van der Waals surface area contributed by atoms with E-state index < -0.39 is 0 Å². The van der Waals surface area contributed by atoms with E-state index in [1.165, 1.54) is 37.0 Å². The normalized spacial score (nSPS) is 11.5. The Labute approximate surface area is 208 Å². The van der Waals surface area contributed by atoms with E-state index in [2.05, 4.69) is 73.6 Å². The molecule has 0 aliphatic rings. The Morgan fingerprint density at radius 1 is 0.710 bits per heavy atom. The first-order valence-corrected chi connectivity index (χ1v) is 15.8. The van der Waals surface area contributed by atoms with E-state index in [9.17, 15) is 0 Å². The fourth-order valence-corrected chi connectivity index (χ4v) is 10.6. The molecule has 0 bridgehead atoms. The van der Waals surface area contributed by atoms with Gasteiger partial charge >= 0.3 is 17.1 Å². The van der Waals surface area contributed by atoms with Gasteiger partial charge in [-0.3, -0.25) is 0 Å². The monoisotopic (exact) mass is 502 g/mol. The predicted molar refractivity (Wildman–Crippen MR) is 144 cm³/mol. The van der Waals surface area contributed by atoms with Gasteiger partial charge in [0.2, 0.25) is 0 Å². The minimum atomic E-state index is 0. The van der Waals surface area contributed by atoms with E-state index in [-0.39, 0.29) is 32.9 Å². The molecule has 0 spiro atoms. The third-order valence-corrected chi connectivity index (χ3v) is 11.4. The summed E-state index contributed by atoms with van der Waals surface area (Å²) in [5.41, 5.74) is 3.37. The Morgan fingerprint density at radius 3 is 1.55 bits per heavy atom. The first-order valence-electron chi connectivity index (χ1n) is 12.0. The van der Waals surface area contributed by atoms with Gasteiger partial charge in [-0.15, -0.1) is 21.4 Å². The molecule has 2 aromatic rings. The smallest absolute Gasteiger partial charge is 0.214 e. The van der Waals surface area contributed by atoms with Crippen LogP contribution in [0.15, 0.2) is 48.5 Å². The Hall–Kier alpha value is 0.0795. The molecular weight excluding hydrogens is 454 g/mol. The Kier molecular flexibility index (Phi) is 17.6. The average Bonchev–Trinajstić information content (AvgIpc) is 3.28. The minimum absolute atomic E-state index is 0. The molecule has 178 valence electrons. The van der Waals surface area contributed by atoms with Crippen LogP contribution in [0.1, 0.15) is 66.5 Å². The quantitative estimate of drug-likeness (QED) is 0.154. The molecule has 0 radical (unpaired) electrons. The number of rotatable bonds is 12. The summed E-state index contributed by atoms with van der Waals surface area (Å²) in [4.78, 5) is 0. The zero-order valence-corrected chi connectivity index (χ0v) is 24.3. The molecular formula is C28H48FeP2. The molecule has 2 rings (SSSR count). The van der Waals surface area contributed by atoms with Gasteiger partial charge in [-0.1, -0.05) is 61.6 Å². The summed E-state index contributed by atoms with van der Waals surface area (Å²) in [6.45, 7) is 19.2. The second kappa shape index (κ2) is 17.5. The van der Waals surface area contributed by atoms with Gasteiger partial charge in [0.05, 0.1) is 0 Å². The van der Waals surface area contributed by atoms with Gasteiger partial charge in [0.1, 0.15) is 0 Å². The van der Waals surface area contributed by atoms with Crippen molar-refractivity contribution < 1.29 is 17.1 Å². The number of hydrogen-bond donors (Lipinski definition) is 0. The maximum absolute atomic E-state index is 2.43. The summed E-state index contributed by atoms with van der Waals surface area (Å²) in [6.07, 6.45) is 8.46. The van der Waals surface area contributed by atoms with E-state index in [0.717, 1.165) is 23.7 Å². The largest absolute Gasteiger partial charge is 2.00 e. The molecule has 0 unspecified atom stereocenters. The molecule has 0 aromatic heterocycles.